The maximum Gasteiger partial charge on any atom is 0.326 e. The Morgan fingerprint density at radius 2 is 1.55 bits per heavy atom. The summed E-state index contributed by atoms with van der Waals surface area (Å²) in [5.74, 6) is -5.00. The van der Waals surface area contributed by atoms with Crippen LogP contribution in [0.2, 0.25) is 0 Å². The summed E-state index contributed by atoms with van der Waals surface area (Å²) in [4.78, 5) is 77.1. The van der Waals surface area contributed by atoms with E-state index in [2.05, 4.69) is 21.3 Å². The molecule has 1 heterocycles. The highest BCUT2D eigenvalue weighted by Crippen LogP contribution is 2.19. The monoisotopic (exact) mass is 590 g/mol. The van der Waals surface area contributed by atoms with Gasteiger partial charge in [-0.25, -0.2) is 4.79 Å². The van der Waals surface area contributed by atoms with E-state index in [4.69, 9.17) is 5.73 Å². The molecule has 42 heavy (non-hydrogen) atoms. The van der Waals surface area contributed by atoms with E-state index in [1.807, 2.05) is 0 Å². The number of carbonyl (C=O) groups excluding carboxylic acids is 5. The summed E-state index contributed by atoms with van der Waals surface area (Å²) in [6, 6.07) is 2.18. The summed E-state index contributed by atoms with van der Waals surface area (Å²) < 4.78 is 0. The Morgan fingerprint density at radius 1 is 0.905 bits per heavy atom. The zero-order valence-corrected chi connectivity index (χ0v) is 24.3. The van der Waals surface area contributed by atoms with E-state index in [0.29, 0.717) is 18.4 Å². The van der Waals surface area contributed by atoms with Crippen LogP contribution in [0, 0.1) is 5.92 Å². The number of aliphatic hydroxyl groups excluding tert-OH is 1. The first-order valence-electron chi connectivity index (χ1n) is 13.9. The Hall–Kier alpha value is -4.04. The number of likely N-dealkylation sites (tertiary alicyclic amines) is 1. The number of nitrogens with one attached hydrogen (secondary N) is 4. The largest absolute Gasteiger partial charge is 0.480 e. The van der Waals surface area contributed by atoms with Crippen LogP contribution in [0.15, 0.2) is 30.3 Å². The van der Waals surface area contributed by atoms with Crippen LogP contribution >= 0.6 is 0 Å². The van der Waals surface area contributed by atoms with E-state index in [0.717, 1.165) is 0 Å². The minimum absolute atomic E-state index is 0.0279. The predicted octanol–water partition coefficient (Wildman–Crippen LogP) is -1.74. The normalized spacial score (nSPS) is 18.3. The Morgan fingerprint density at radius 3 is 2.10 bits per heavy atom. The number of carboxylic acids is 1. The molecule has 2 rings (SSSR count). The third kappa shape index (κ3) is 9.52. The van der Waals surface area contributed by atoms with E-state index in [1.165, 1.54) is 18.7 Å². The van der Waals surface area contributed by atoms with Gasteiger partial charge in [0.25, 0.3) is 0 Å². The molecule has 0 unspecified atom stereocenters. The number of benzene rings is 1. The molecule has 0 aliphatic carbocycles. The second-order valence-electron chi connectivity index (χ2n) is 10.8. The first kappa shape index (κ1) is 34.2. The molecule has 0 spiro atoms. The second kappa shape index (κ2) is 15.8. The molecule has 8 N–H and O–H groups in total. The van der Waals surface area contributed by atoms with Gasteiger partial charge in [-0.05, 0) is 38.2 Å². The first-order valence-corrected chi connectivity index (χ1v) is 13.9. The Balaban J connectivity index is 2.05. The maximum absolute atomic E-state index is 13.1. The highest BCUT2D eigenvalue weighted by molar-refractivity contribution is 5.96. The van der Waals surface area contributed by atoms with E-state index in [1.54, 1.807) is 44.2 Å². The molecular formula is C28H42N6O8. The molecule has 14 heteroatoms. The SMILES string of the molecule is CC(C)[C@H](NC(=O)[C@H](CO)NC(=O)[C@@H]1CCCN1C(=O)[C@H](C)NC(=O)[C@H](C)N)C(=O)N[C@@H](Cc1ccccc1)C(=O)O. The van der Waals surface area contributed by atoms with E-state index < -0.39 is 84.3 Å². The first-order chi connectivity index (χ1) is 19.8. The van der Waals surface area contributed by atoms with Gasteiger partial charge in [0.15, 0.2) is 0 Å². The van der Waals surface area contributed by atoms with Crippen molar-refractivity contribution in [3.63, 3.8) is 0 Å². The van der Waals surface area contributed by atoms with Gasteiger partial charge in [0.1, 0.15) is 30.2 Å². The average Bonchev–Trinajstić information content (AvgIpc) is 3.43. The van der Waals surface area contributed by atoms with Crippen molar-refractivity contribution < 1.29 is 39.0 Å². The van der Waals surface area contributed by atoms with Crippen LogP contribution < -0.4 is 27.0 Å². The van der Waals surface area contributed by atoms with E-state index >= 15 is 0 Å². The van der Waals surface area contributed by atoms with Crippen LogP contribution in [0.3, 0.4) is 0 Å². The van der Waals surface area contributed by atoms with Crippen LogP contribution in [-0.2, 0) is 35.2 Å². The van der Waals surface area contributed by atoms with Gasteiger partial charge in [-0.1, -0.05) is 44.2 Å². The zero-order valence-electron chi connectivity index (χ0n) is 24.3. The molecule has 1 aliphatic rings. The van der Waals surface area contributed by atoms with Crippen molar-refractivity contribution in [3.8, 4) is 0 Å². The Labute approximate surface area is 244 Å². The molecule has 1 aliphatic heterocycles. The van der Waals surface area contributed by atoms with Crippen molar-refractivity contribution in [1.82, 2.24) is 26.2 Å². The number of hydrogen-bond acceptors (Lipinski definition) is 8. The number of aliphatic carboxylic acids is 1. The van der Waals surface area contributed by atoms with Crippen molar-refractivity contribution in [3.05, 3.63) is 35.9 Å². The fourth-order valence-corrected chi connectivity index (χ4v) is 4.52. The highest BCUT2D eigenvalue weighted by atomic mass is 16.4. The molecule has 14 nitrogen and oxygen atoms in total. The molecule has 0 saturated carbocycles. The standard InChI is InChI=1S/C28H42N6O8/c1-15(2)22(26(39)31-19(28(41)42)13-18-9-6-5-7-10-18)33-24(37)20(14-35)32-25(38)21-11-8-12-34(21)27(40)17(4)30-23(36)16(3)29/h5-7,9-10,15-17,19-22,35H,8,11-14,29H2,1-4H3,(H,30,36)(H,31,39)(H,32,38)(H,33,37)(H,41,42)/t16-,17-,19-,20-,21-,22-/m0/s1. The number of rotatable bonds is 14. The molecule has 0 radical (unpaired) electrons. The van der Waals surface area contributed by atoms with Gasteiger partial charge in [-0.15, -0.1) is 0 Å². The van der Waals surface area contributed by atoms with Gasteiger partial charge < -0.3 is 42.1 Å². The fourth-order valence-electron chi connectivity index (χ4n) is 4.52. The summed E-state index contributed by atoms with van der Waals surface area (Å²) in [5, 5.41) is 29.4. The molecule has 232 valence electrons. The maximum atomic E-state index is 13.1. The third-order valence-corrected chi connectivity index (χ3v) is 6.94. The number of aliphatic hydroxyl groups is 1. The lowest BCUT2D eigenvalue weighted by atomic mass is 10.0. The average molecular weight is 591 g/mol. The van der Waals surface area contributed by atoms with E-state index in [-0.39, 0.29) is 13.0 Å². The lowest BCUT2D eigenvalue weighted by Gasteiger charge is -2.29. The number of nitrogens with two attached hydrogens (primary N) is 1. The highest BCUT2D eigenvalue weighted by Gasteiger charge is 2.38. The van der Waals surface area contributed by atoms with Gasteiger partial charge >= 0.3 is 5.97 Å². The summed E-state index contributed by atoms with van der Waals surface area (Å²) in [5.41, 5.74) is 6.24. The summed E-state index contributed by atoms with van der Waals surface area (Å²) in [6.45, 7) is 5.72. The molecule has 1 aromatic carbocycles. The molecule has 1 saturated heterocycles. The number of carbonyl (C=O) groups is 6. The van der Waals surface area contributed by atoms with Gasteiger partial charge in [0.05, 0.1) is 12.6 Å². The number of carboxylic acid groups (broad SMARTS) is 1. The molecule has 1 aromatic rings. The van der Waals surface area contributed by atoms with Crippen molar-refractivity contribution in [1.29, 1.82) is 0 Å². The Bertz CT molecular complexity index is 1130. The number of nitrogens with zero attached hydrogens (tertiary/aromatic N) is 1. The molecule has 0 bridgehead atoms. The van der Waals surface area contributed by atoms with Gasteiger partial charge in [0.2, 0.25) is 29.5 Å². The van der Waals surface area contributed by atoms with Crippen LogP contribution in [0.4, 0.5) is 0 Å². The number of hydrogen-bond donors (Lipinski definition) is 7. The van der Waals surface area contributed by atoms with Crippen LogP contribution in [0.1, 0.15) is 46.1 Å². The lowest BCUT2D eigenvalue weighted by Crippen LogP contribution is -2.60. The fraction of sp³-hybridized carbons (Fsp3) is 0.571. The van der Waals surface area contributed by atoms with Gasteiger partial charge in [0, 0.05) is 13.0 Å². The van der Waals surface area contributed by atoms with Crippen molar-refractivity contribution in [2.24, 2.45) is 11.7 Å². The summed E-state index contributed by atoms with van der Waals surface area (Å²) >= 11 is 0. The minimum Gasteiger partial charge on any atom is -0.480 e. The van der Waals surface area contributed by atoms with Crippen LogP contribution in [0.5, 0.6) is 0 Å². The molecule has 0 aromatic heterocycles. The molecule has 6 atom stereocenters. The molecule has 5 amide bonds. The Kier molecular flexibility index (Phi) is 12.9. The topological polar surface area (TPSA) is 220 Å². The zero-order chi connectivity index (χ0) is 31.6. The van der Waals surface area contributed by atoms with Crippen molar-refractivity contribution >= 4 is 35.5 Å². The van der Waals surface area contributed by atoms with Gasteiger partial charge in [-0.2, -0.15) is 0 Å². The third-order valence-electron chi connectivity index (χ3n) is 6.94. The van der Waals surface area contributed by atoms with Gasteiger partial charge in [-0.3, -0.25) is 24.0 Å². The predicted molar refractivity (Wildman–Crippen MR) is 151 cm³/mol. The minimum atomic E-state index is -1.45. The molecular weight excluding hydrogens is 548 g/mol. The number of amides is 5. The second-order valence-corrected chi connectivity index (χ2v) is 10.8. The quantitative estimate of drug-likeness (QED) is 0.130. The van der Waals surface area contributed by atoms with E-state index in [9.17, 15) is 39.0 Å². The summed E-state index contributed by atoms with van der Waals surface area (Å²) in [6.07, 6.45) is 0.845. The van der Waals surface area contributed by atoms with Crippen LogP contribution in [0.25, 0.3) is 0 Å². The van der Waals surface area contributed by atoms with Crippen molar-refractivity contribution in [2.75, 3.05) is 13.2 Å². The smallest absolute Gasteiger partial charge is 0.326 e. The van der Waals surface area contributed by atoms with Crippen molar-refractivity contribution in [2.45, 2.75) is 83.2 Å². The molecule has 1 fully saturated rings. The van der Waals surface area contributed by atoms with Crippen LogP contribution in [-0.4, -0.2) is 100 Å². The lowest BCUT2D eigenvalue weighted by molar-refractivity contribution is -0.143. The summed E-state index contributed by atoms with van der Waals surface area (Å²) in [7, 11) is 0.